The molecule has 4 rings (SSSR count). The maximum Gasteiger partial charge on any atom is 0.426 e. The van der Waals surface area contributed by atoms with Crippen LogP contribution in [0.2, 0.25) is 0 Å². The lowest BCUT2D eigenvalue weighted by Crippen LogP contribution is -2.42. The van der Waals surface area contributed by atoms with Gasteiger partial charge in [-0.1, -0.05) is 24.2 Å². The molecule has 184 valence electrons. The van der Waals surface area contributed by atoms with Crippen LogP contribution in [0.25, 0.3) is 22.1 Å². The van der Waals surface area contributed by atoms with Gasteiger partial charge in [-0.15, -0.1) is 5.10 Å². The maximum atomic E-state index is 14.8. The van der Waals surface area contributed by atoms with Crippen molar-refractivity contribution >= 4 is 17.0 Å². The lowest BCUT2D eigenvalue weighted by molar-refractivity contribution is -0.275. The number of anilines is 1. The Labute approximate surface area is 194 Å². The summed E-state index contributed by atoms with van der Waals surface area (Å²) in [4.78, 5) is 12.0. The Bertz CT molecular complexity index is 1420. The normalized spacial score (nSPS) is 13.7. The van der Waals surface area contributed by atoms with E-state index < -0.39 is 41.3 Å². The summed E-state index contributed by atoms with van der Waals surface area (Å²) in [5, 5.41) is 19.5. The van der Waals surface area contributed by atoms with E-state index in [1.54, 1.807) is 0 Å². The molecular weight excluding hydrogens is 477 g/mol. The minimum atomic E-state index is -5.02. The summed E-state index contributed by atoms with van der Waals surface area (Å²) in [5.41, 5.74) is -2.86. The molecule has 2 heterocycles. The zero-order valence-electron chi connectivity index (χ0n) is 18.1. The predicted molar refractivity (Wildman–Crippen MR) is 115 cm³/mol. The van der Waals surface area contributed by atoms with Crippen molar-refractivity contribution < 1.29 is 35.9 Å². The van der Waals surface area contributed by atoms with E-state index in [-0.39, 0.29) is 30.1 Å². The second kappa shape index (κ2) is 9.10. The molecule has 4 aromatic rings. The van der Waals surface area contributed by atoms with Gasteiger partial charge in [-0.3, -0.25) is 0 Å². The topological polar surface area (TPSA) is 101 Å². The zero-order valence-corrected chi connectivity index (χ0v) is 18.1. The van der Waals surface area contributed by atoms with Gasteiger partial charge in [-0.25, -0.2) is 13.6 Å². The van der Waals surface area contributed by atoms with Crippen molar-refractivity contribution in [2.45, 2.75) is 31.5 Å². The summed E-state index contributed by atoms with van der Waals surface area (Å²) in [5.74, 6) is -2.10. The lowest BCUT2D eigenvalue weighted by atomic mass is 10.00. The summed E-state index contributed by atoms with van der Waals surface area (Å²) in [7, 11) is 0. The quantitative estimate of drug-likeness (QED) is 0.277. The van der Waals surface area contributed by atoms with Gasteiger partial charge in [0.1, 0.15) is 17.2 Å². The molecule has 0 aliphatic carbocycles. The summed E-state index contributed by atoms with van der Waals surface area (Å²) in [6, 6.07) is 8.65. The molecule has 2 aromatic heterocycles. The van der Waals surface area contributed by atoms with E-state index in [1.807, 2.05) is 0 Å². The summed E-state index contributed by atoms with van der Waals surface area (Å²) >= 11 is 0. The average Bonchev–Trinajstić information content (AvgIpc) is 3.28. The van der Waals surface area contributed by atoms with Gasteiger partial charge in [0, 0.05) is 18.0 Å². The number of aromatic nitrogens is 2. The molecule has 0 radical (unpaired) electrons. The van der Waals surface area contributed by atoms with E-state index in [2.05, 4.69) is 15.5 Å². The van der Waals surface area contributed by atoms with Crippen LogP contribution in [0.5, 0.6) is 0 Å². The largest absolute Gasteiger partial charge is 0.426 e. The summed E-state index contributed by atoms with van der Waals surface area (Å²) in [6.07, 6.45) is -5.73. The molecule has 0 saturated heterocycles. The molecule has 0 bridgehead atoms. The molecular formula is C23H18F5N3O4. The fourth-order valence-corrected chi connectivity index (χ4v) is 3.52. The third-order valence-electron chi connectivity index (χ3n) is 5.50. The summed E-state index contributed by atoms with van der Waals surface area (Å²) in [6.45, 7) is 1.09. The van der Waals surface area contributed by atoms with Crippen molar-refractivity contribution in [1.82, 2.24) is 10.2 Å². The molecule has 0 amide bonds. The number of nitrogens with zero attached hydrogens (tertiary/aromatic N) is 2. The number of aliphatic hydroxyl groups is 1. The fraction of sp³-hybridized carbons (Fsp3) is 0.261. The van der Waals surface area contributed by atoms with Crippen LogP contribution in [0, 0.1) is 11.6 Å². The van der Waals surface area contributed by atoms with E-state index in [0.29, 0.717) is 16.5 Å². The standard InChI is InChI=1S/C23H18F5N3O4/c1-2-22(33,23(26,27)28)20-30-31-21(35-20)29-8-7-13-9-18-16(10-17(13)25)15(11-19(32)34-18)12-3-5-14(24)6-4-12/h3-6,9-11,33H,2,7-8H2,1H3,(H,29,31). The second-order valence-corrected chi connectivity index (χ2v) is 7.73. The van der Waals surface area contributed by atoms with E-state index in [0.717, 1.165) is 6.92 Å². The van der Waals surface area contributed by atoms with Crippen LogP contribution >= 0.6 is 0 Å². The Morgan fingerprint density at radius 2 is 1.74 bits per heavy atom. The van der Waals surface area contributed by atoms with Gasteiger partial charge in [-0.2, -0.15) is 13.2 Å². The van der Waals surface area contributed by atoms with E-state index in [4.69, 9.17) is 8.83 Å². The maximum absolute atomic E-state index is 14.8. The fourth-order valence-electron chi connectivity index (χ4n) is 3.52. The highest BCUT2D eigenvalue weighted by Gasteiger charge is 2.57. The molecule has 0 aliphatic heterocycles. The van der Waals surface area contributed by atoms with Crippen LogP contribution in [-0.2, 0) is 12.0 Å². The first-order valence-electron chi connectivity index (χ1n) is 10.4. The van der Waals surface area contributed by atoms with Gasteiger partial charge >= 0.3 is 17.8 Å². The lowest BCUT2D eigenvalue weighted by Gasteiger charge is -2.25. The molecule has 35 heavy (non-hydrogen) atoms. The first-order chi connectivity index (χ1) is 16.5. The number of alkyl halides is 3. The minimum absolute atomic E-state index is 0.0152. The Morgan fingerprint density at radius 3 is 2.40 bits per heavy atom. The third kappa shape index (κ3) is 4.74. The van der Waals surface area contributed by atoms with Crippen molar-refractivity contribution in [1.29, 1.82) is 0 Å². The first kappa shape index (κ1) is 24.3. The highest BCUT2D eigenvalue weighted by Crippen LogP contribution is 2.41. The number of halogens is 5. The zero-order chi connectivity index (χ0) is 25.4. The van der Waals surface area contributed by atoms with Gasteiger partial charge in [-0.05, 0) is 53.8 Å². The molecule has 0 saturated carbocycles. The van der Waals surface area contributed by atoms with Crippen molar-refractivity contribution in [2.75, 3.05) is 11.9 Å². The molecule has 2 N–H and O–H groups in total. The molecule has 0 spiro atoms. The van der Waals surface area contributed by atoms with Gasteiger partial charge in [0.05, 0.1) is 0 Å². The van der Waals surface area contributed by atoms with Crippen molar-refractivity contribution in [3.63, 3.8) is 0 Å². The highest BCUT2D eigenvalue weighted by molar-refractivity contribution is 5.93. The van der Waals surface area contributed by atoms with Gasteiger partial charge < -0.3 is 19.3 Å². The SMILES string of the molecule is CCC(O)(c1nnc(NCCc2cc3oc(=O)cc(-c4ccc(F)cc4)c3cc2F)o1)C(F)(F)F. The van der Waals surface area contributed by atoms with Crippen LogP contribution in [0.1, 0.15) is 24.8 Å². The van der Waals surface area contributed by atoms with Crippen LogP contribution in [0.15, 0.2) is 56.1 Å². The third-order valence-corrected chi connectivity index (χ3v) is 5.50. The molecule has 1 unspecified atom stereocenters. The van der Waals surface area contributed by atoms with Crippen LogP contribution < -0.4 is 10.9 Å². The van der Waals surface area contributed by atoms with E-state index in [1.165, 1.54) is 42.5 Å². The molecule has 7 nitrogen and oxygen atoms in total. The van der Waals surface area contributed by atoms with E-state index >= 15 is 0 Å². The van der Waals surface area contributed by atoms with Crippen molar-refractivity contribution in [2.24, 2.45) is 0 Å². The number of fused-ring (bicyclic) bond motifs is 1. The number of hydrogen-bond acceptors (Lipinski definition) is 7. The van der Waals surface area contributed by atoms with Crippen molar-refractivity contribution in [3.05, 3.63) is 76.0 Å². The number of rotatable bonds is 7. The monoisotopic (exact) mass is 495 g/mol. The number of nitrogens with one attached hydrogen (secondary N) is 1. The van der Waals surface area contributed by atoms with Gasteiger partial charge in [0.25, 0.3) is 5.89 Å². The smallest absolute Gasteiger partial charge is 0.423 e. The number of benzene rings is 2. The Balaban J connectivity index is 1.54. The molecule has 0 fully saturated rings. The first-order valence-corrected chi connectivity index (χ1v) is 10.4. The summed E-state index contributed by atoms with van der Waals surface area (Å²) < 4.78 is 77.6. The molecule has 12 heteroatoms. The highest BCUT2D eigenvalue weighted by atomic mass is 19.4. The molecule has 1 atom stereocenters. The van der Waals surface area contributed by atoms with Crippen LogP contribution in [0.4, 0.5) is 28.0 Å². The van der Waals surface area contributed by atoms with Crippen LogP contribution in [0.3, 0.4) is 0 Å². The van der Waals surface area contributed by atoms with Crippen molar-refractivity contribution in [3.8, 4) is 11.1 Å². The Kier molecular flexibility index (Phi) is 6.32. The second-order valence-electron chi connectivity index (χ2n) is 7.73. The molecule has 0 aliphatic rings. The Morgan fingerprint density at radius 1 is 1.03 bits per heavy atom. The van der Waals surface area contributed by atoms with Crippen LogP contribution in [-0.4, -0.2) is 28.0 Å². The van der Waals surface area contributed by atoms with Gasteiger partial charge in [0.2, 0.25) is 5.60 Å². The average molecular weight is 495 g/mol. The Hall–Kier alpha value is -3.80. The predicted octanol–water partition coefficient (Wildman–Crippen LogP) is 4.94. The molecule has 2 aromatic carbocycles. The number of hydrogen-bond donors (Lipinski definition) is 2. The minimum Gasteiger partial charge on any atom is -0.423 e. The van der Waals surface area contributed by atoms with Gasteiger partial charge in [0.15, 0.2) is 0 Å². The van der Waals surface area contributed by atoms with E-state index in [9.17, 15) is 31.9 Å².